The van der Waals surface area contributed by atoms with Crippen molar-refractivity contribution in [3.63, 3.8) is 0 Å². The molecule has 0 saturated carbocycles. The van der Waals surface area contributed by atoms with E-state index < -0.39 is 13.8 Å². The fourth-order valence-corrected chi connectivity index (χ4v) is 15.1. The first-order chi connectivity index (χ1) is 28.6. The third-order valence-corrected chi connectivity index (χ3v) is 18.1. The van der Waals surface area contributed by atoms with E-state index >= 15 is 0 Å². The molecule has 0 aliphatic carbocycles. The van der Waals surface area contributed by atoms with Gasteiger partial charge in [-0.05, 0) is 95.3 Å². The van der Waals surface area contributed by atoms with Gasteiger partial charge in [0.1, 0.15) is 0 Å². The molecule has 4 heteroatoms. The molecule has 0 bridgehead atoms. The highest BCUT2D eigenvalue weighted by Crippen LogP contribution is 2.45. The molecule has 0 radical (unpaired) electrons. The van der Waals surface area contributed by atoms with Gasteiger partial charge in [0, 0.05) is 11.4 Å². The maximum atomic E-state index is 4.91. The zero-order valence-electron chi connectivity index (χ0n) is 33.0. The average molecular weight is 787 g/mol. The first kappa shape index (κ1) is 39.9. The molecule has 0 saturated heterocycles. The topological polar surface area (TPSA) is 24.7 Å². The second kappa shape index (κ2) is 19.7. The highest BCUT2D eigenvalue weighted by molar-refractivity contribution is 7.95. The predicted molar refractivity (Wildman–Crippen MR) is 261 cm³/mol. The second-order valence-electron chi connectivity index (χ2n) is 13.9. The van der Waals surface area contributed by atoms with Crippen LogP contribution in [0.1, 0.15) is 13.8 Å². The Morgan fingerprint density at radius 2 is 0.448 bits per heavy atom. The van der Waals surface area contributed by atoms with Crippen LogP contribution in [0, 0.1) is 0 Å². The molecule has 284 valence electrons. The fourth-order valence-electron chi connectivity index (χ4n) is 7.35. The van der Waals surface area contributed by atoms with Gasteiger partial charge in [0.25, 0.3) is 0 Å². The molecule has 0 atom stereocenters. The monoisotopic (exact) mass is 786 g/mol. The van der Waals surface area contributed by atoms with Crippen LogP contribution in [-0.2, 0) is 0 Å². The number of para-hydroxylation sites is 2. The Balaban J connectivity index is 0.000000177. The van der Waals surface area contributed by atoms with Crippen LogP contribution in [0.4, 0.5) is 11.4 Å². The van der Waals surface area contributed by atoms with Gasteiger partial charge in [-0.2, -0.15) is 0 Å². The van der Waals surface area contributed by atoms with Gasteiger partial charge in [-0.1, -0.05) is 218 Å². The van der Waals surface area contributed by atoms with Gasteiger partial charge in [-0.15, -0.1) is 0 Å². The summed E-state index contributed by atoms with van der Waals surface area (Å²) in [6.07, 6.45) is 0. The van der Waals surface area contributed by atoms with Crippen molar-refractivity contribution in [3.8, 4) is 0 Å². The number of hydrogen-bond donors (Lipinski definition) is 0. The van der Waals surface area contributed by atoms with E-state index in [0.717, 1.165) is 22.8 Å². The van der Waals surface area contributed by atoms with Crippen molar-refractivity contribution in [2.45, 2.75) is 13.8 Å². The van der Waals surface area contributed by atoms with E-state index in [2.05, 4.69) is 207 Å². The molecule has 58 heavy (non-hydrogen) atoms. The molecule has 0 heterocycles. The highest BCUT2D eigenvalue weighted by Gasteiger charge is 2.26. The molecule has 0 aliphatic rings. The summed E-state index contributed by atoms with van der Waals surface area (Å²) in [4.78, 5) is 9.82. The van der Waals surface area contributed by atoms with Gasteiger partial charge in [0.05, 0.1) is 11.4 Å². The molecular weight excluding hydrogens is 739 g/mol. The molecule has 0 unspecified atom stereocenters. The van der Waals surface area contributed by atoms with Gasteiger partial charge >= 0.3 is 0 Å². The molecule has 2 nitrogen and oxygen atoms in total. The maximum absolute atomic E-state index is 4.91. The molecule has 0 aliphatic heterocycles. The van der Waals surface area contributed by atoms with Gasteiger partial charge in [-0.25, -0.2) is 0 Å². The average Bonchev–Trinajstić information content (AvgIpc) is 3.30. The number of rotatable bonds is 10. The SMILES string of the molecule is CC(C=P(c1ccccc1)(c1ccccc1)c1ccccc1)=Nc1ccccc1.CC(C=P(c1ccccc1)(c1ccccc1)c1ccccc1)=Nc1ccccc1. The summed E-state index contributed by atoms with van der Waals surface area (Å²) in [5.41, 5.74) is 4.02. The van der Waals surface area contributed by atoms with Crippen molar-refractivity contribution in [2.75, 3.05) is 0 Å². The normalized spacial score (nSPS) is 11.8. The molecule has 8 aromatic rings. The van der Waals surface area contributed by atoms with Crippen LogP contribution in [0.3, 0.4) is 0 Å². The van der Waals surface area contributed by atoms with Crippen molar-refractivity contribution < 1.29 is 0 Å². The summed E-state index contributed by atoms with van der Waals surface area (Å²) in [5.74, 6) is 4.81. The lowest BCUT2D eigenvalue weighted by atomic mass is 10.3. The minimum atomic E-state index is -2.00. The lowest BCUT2D eigenvalue weighted by Crippen LogP contribution is -2.28. The Hall–Kier alpha value is -6.30. The summed E-state index contributed by atoms with van der Waals surface area (Å²) in [5, 5.41) is 8.00. The standard InChI is InChI=1S/2C27H24NP/c2*1-23(28-24-14-6-2-7-15-24)22-29(25-16-8-3-9-17-25,26-18-10-4-11-19-26)27-20-12-5-13-21-27/h2*2-22H,1H3. The minimum absolute atomic E-state index is 0.980. The number of benzene rings is 8. The van der Waals surface area contributed by atoms with E-state index in [1.54, 1.807) is 0 Å². The summed E-state index contributed by atoms with van der Waals surface area (Å²) in [7, 11) is 0. The lowest BCUT2D eigenvalue weighted by molar-refractivity contribution is 1.52. The molecule has 0 amide bonds. The molecule has 0 aromatic heterocycles. The number of nitrogens with zero attached hydrogens (tertiary/aromatic N) is 2. The lowest BCUT2D eigenvalue weighted by Gasteiger charge is -2.28. The highest BCUT2D eigenvalue weighted by atomic mass is 31.2. The van der Waals surface area contributed by atoms with Gasteiger partial charge in [0.15, 0.2) is 0 Å². The van der Waals surface area contributed by atoms with Crippen molar-refractivity contribution in [1.29, 1.82) is 0 Å². The van der Waals surface area contributed by atoms with E-state index in [9.17, 15) is 0 Å². The largest absolute Gasteiger partial charge is 0.254 e. The molecule has 0 spiro atoms. The van der Waals surface area contributed by atoms with Crippen LogP contribution in [0.2, 0.25) is 0 Å². The van der Waals surface area contributed by atoms with Gasteiger partial charge in [0.2, 0.25) is 0 Å². The molecule has 8 aromatic carbocycles. The number of hydrogen-bond acceptors (Lipinski definition) is 2. The Kier molecular flexibility index (Phi) is 13.6. The summed E-state index contributed by atoms with van der Waals surface area (Å²) < 4.78 is 0. The molecular formula is C54H48N2P2. The van der Waals surface area contributed by atoms with Crippen molar-refractivity contribution in [3.05, 3.63) is 243 Å². The van der Waals surface area contributed by atoms with E-state index in [-0.39, 0.29) is 0 Å². The third-order valence-electron chi connectivity index (χ3n) is 9.87. The van der Waals surface area contributed by atoms with Crippen LogP contribution in [0.25, 0.3) is 0 Å². The molecule has 0 fully saturated rings. The van der Waals surface area contributed by atoms with Gasteiger partial charge in [-0.3, -0.25) is 9.98 Å². The van der Waals surface area contributed by atoms with Crippen molar-refractivity contribution >= 4 is 80.0 Å². The predicted octanol–water partition coefficient (Wildman–Crippen LogP) is 11.2. The van der Waals surface area contributed by atoms with Crippen LogP contribution in [0.5, 0.6) is 0 Å². The first-order valence-electron chi connectivity index (χ1n) is 19.6. The quantitative estimate of drug-likeness (QED) is 0.0974. The molecule has 8 rings (SSSR count). The van der Waals surface area contributed by atoms with Crippen LogP contribution < -0.4 is 31.8 Å². The zero-order chi connectivity index (χ0) is 39.9. The van der Waals surface area contributed by atoms with E-state index in [0.29, 0.717) is 0 Å². The summed E-state index contributed by atoms with van der Waals surface area (Å²) >= 11 is 0. The Morgan fingerprint density at radius 3 is 0.638 bits per heavy atom. The second-order valence-corrected chi connectivity index (χ2v) is 20.4. The number of aliphatic imine (C=N–C) groups is 2. The van der Waals surface area contributed by atoms with Crippen LogP contribution in [0.15, 0.2) is 253 Å². The summed E-state index contributed by atoms with van der Waals surface area (Å²) in [6.45, 7) is 0.211. The third kappa shape index (κ3) is 9.45. The van der Waals surface area contributed by atoms with E-state index in [4.69, 9.17) is 9.98 Å². The van der Waals surface area contributed by atoms with E-state index in [1.165, 1.54) is 31.8 Å². The van der Waals surface area contributed by atoms with Gasteiger partial charge < -0.3 is 0 Å². The Morgan fingerprint density at radius 1 is 0.276 bits per heavy atom. The summed E-state index contributed by atoms with van der Waals surface area (Å²) in [6, 6.07) is 85.4. The Labute approximate surface area is 345 Å². The van der Waals surface area contributed by atoms with E-state index in [1.807, 2.05) is 60.7 Å². The minimum Gasteiger partial charge on any atom is -0.254 e. The van der Waals surface area contributed by atoms with Crippen molar-refractivity contribution in [2.24, 2.45) is 9.98 Å². The smallest absolute Gasteiger partial charge is 0.0632 e. The fraction of sp³-hybridized carbons (Fsp3) is 0.0370. The maximum Gasteiger partial charge on any atom is 0.0632 e. The van der Waals surface area contributed by atoms with Crippen LogP contribution in [-0.4, -0.2) is 23.0 Å². The molecule has 0 N–H and O–H groups in total. The Bertz CT molecular complexity index is 2250. The zero-order valence-corrected chi connectivity index (χ0v) is 34.8. The van der Waals surface area contributed by atoms with Crippen molar-refractivity contribution in [1.82, 2.24) is 0 Å². The van der Waals surface area contributed by atoms with Crippen LogP contribution >= 0.6 is 13.8 Å². The first-order valence-corrected chi connectivity index (χ1v) is 23.3.